The van der Waals surface area contributed by atoms with Gasteiger partial charge in [-0.1, -0.05) is 13.8 Å². The van der Waals surface area contributed by atoms with Crippen LogP contribution in [0, 0.1) is 5.41 Å². The summed E-state index contributed by atoms with van der Waals surface area (Å²) >= 11 is 0. The number of carbonyl (C=O) groups excluding carboxylic acids is 1. The molecule has 3 N–H and O–H groups in total. The van der Waals surface area contributed by atoms with Crippen molar-refractivity contribution in [3.8, 4) is 0 Å². The van der Waals surface area contributed by atoms with E-state index in [9.17, 15) is 4.79 Å². The van der Waals surface area contributed by atoms with Crippen molar-refractivity contribution in [1.82, 2.24) is 9.78 Å². The van der Waals surface area contributed by atoms with Crippen molar-refractivity contribution in [2.45, 2.75) is 52.3 Å². The van der Waals surface area contributed by atoms with E-state index in [0.717, 1.165) is 6.54 Å². The number of anilines is 1. The molecule has 20 heavy (non-hydrogen) atoms. The Hall–Kier alpha value is -1.40. The van der Waals surface area contributed by atoms with E-state index in [-0.39, 0.29) is 17.4 Å². The maximum atomic E-state index is 12.5. The Bertz CT molecular complexity index is 497. The van der Waals surface area contributed by atoms with Crippen LogP contribution in [0.15, 0.2) is 12.4 Å². The molecule has 0 aromatic carbocycles. The predicted molar refractivity (Wildman–Crippen MR) is 77.3 cm³/mol. The second-order valence-corrected chi connectivity index (χ2v) is 5.88. The number of aromatic nitrogens is 2. The molecule has 0 aliphatic heterocycles. The van der Waals surface area contributed by atoms with Gasteiger partial charge in [-0.25, -0.2) is 0 Å². The average molecular weight is 280 g/mol. The minimum atomic E-state index is -0.902. The third-order valence-corrected chi connectivity index (χ3v) is 4.45. The molecule has 1 amide bonds. The molecule has 2 atom stereocenters. The highest BCUT2D eigenvalue weighted by Crippen LogP contribution is 2.50. The molecule has 6 heteroatoms. The molecule has 1 fully saturated rings. The lowest BCUT2D eigenvalue weighted by atomic mass is 9.54. The molecule has 112 valence electrons. The van der Waals surface area contributed by atoms with Gasteiger partial charge < -0.3 is 15.8 Å². The highest BCUT2D eigenvalue weighted by Gasteiger charge is 2.62. The lowest BCUT2D eigenvalue weighted by Crippen LogP contribution is -2.74. The van der Waals surface area contributed by atoms with Gasteiger partial charge in [0.1, 0.15) is 5.54 Å². The van der Waals surface area contributed by atoms with Gasteiger partial charge in [0.05, 0.1) is 18.0 Å². The first-order chi connectivity index (χ1) is 9.35. The quantitative estimate of drug-likeness (QED) is 0.853. The zero-order chi connectivity index (χ0) is 15.0. The number of hydrogen-bond acceptors (Lipinski definition) is 4. The molecule has 1 saturated carbocycles. The second-order valence-electron chi connectivity index (χ2n) is 5.88. The standard InChI is InChI=1S/C14H24N4O2/c1-5-18-9-10(8-16-18)17-12(19)14(15)7-11(20-6-2)13(14,3)4/h8-9,11H,5-7,15H2,1-4H3,(H,17,19). The molecule has 1 aliphatic rings. The van der Waals surface area contributed by atoms with Gasteiger partial charge in [0.25, 0.3) is 0 Å². The van der Waals surface area contributed by atoms with Crippen LogP contribution in [0.4, 0.5) is 5.69 Å². The molecule has 0 saturated heterocycles. The van der Waals surface area contributed by atoms with E-state index in [1.54, 1.807) is 17.1 Å². The van der Waals surface area contributed by atoms with Crippen molar-refractivity contribution in [3.05, 3.63) is 12.4 Å². The molecule has 1 heterocycles. The Morgan fingerprint density at radius 1 is 1.60 bits per heavy atom. The molecule has 0 radical (unpaired) electrons. The van der Waals surface area contributed by atoms with Crippen LogP contribution in [0.5, 0.6) is 0 Å². The molecule has 1 aliphatic carbocycles. The van der Waals surface area contributed by atoms with E-state index in [2.05, 4.69) is 10.4 Å². The summed E-state index contributed by atoms with van der Waals surface area (Å²) in [6.07, 6.45) is 4.01. The van der Waals surface area contributed by atoms with E-state index < -0.39 is 5.54 Å². The predicted octanol–water partition coefficient (Wildman–Crippen LogP) is 1.37. The summed E-state index contributed by atoms with van der Waals surface area (Å²) in [6.45, 7) is 9.30. The van der Waals surface area contributed by atoms with Crippen LogP contribution in [0.1, 0.15) is 34.1 Å². The first-order valence-electron chi connectivity index (χ1n) is 7.09. The summed E-state index contributed by atoms with van der Waals surface area (Å²) < 4.78 is 7.39. The summed E-state index contributed by atoms with van der Waals surface area (Å²) in [4.78, 5) is 12.5. The molecule has 2 rings (SSSR count). The molecule has 0 spiro atoms. The Morgan fingerprint density at radius 3 is 2.80 bits per heavy atom. The molecule has 1 aromatic heterocycles. The Morgan fingerprint density at radius 2 is 2.30 bits per heavy atom. The number of nitrogens with zero attached hydrogens (tertiary/aromatic N) is 2. The molecule has 0 bridgehead atoms. The fourth-order valence-electron chi connectivity index (χ4n) is 2.66. The van der Waals surface area contributed by atoms with Crippen molar-refractivity contribution < 1.29 is 9.53 Å². The average Bonchev–Trinajstić information content (AvgIpc) is 2.85. The summed E-state index contributed by atoms with van der Waals surface area (Å²) in [6, 6.07) is 0. The number of rotatable bonds is 5. The van der Waals surface area contributed by atoms with Crippen LogP contribution >= 0.6 is 0 Å². The summed E-state index contributed by atoms with van der Waals surface area (Å²) in [5.74, 6) is -0.172. The molecular formula is C14H24N4O2. The highest BCUT2D eigenvalue weighted by atomic mass is 16.5. The third-order valence-electron chi connectivity index (χ3n) is 4.45. The largest absolute Gasteiger partial charge is 0.378 e. The van der Waals surface area contributed by atoms with Crippen LogP contribution in [0.25, 0.3) is 0 Å². The number of hydrogen-bond donors (Lipinski definition) is 2. The van der Waals surface area contributed by atoms with Gasteiger partial charge in [-0.05, 0) is 13.8 Å². The van der Waals surface area contributed by atoms with E-state index in [1.165, 1.54) is 0 Å². The van der Waals surface area contributed by atoms with Gasteiger partial charge in [0.2, 0.25) is 5.91 Å². The topological polar surface area (TPSA) is 82.2 Å². The van der Waals surface area contributed by atoms with E-state index in [0.29, 0.717) is 18.7 Å². The maximum Gasteiger partial charge on any atom is 0.245 e. The number of nitrogens with two attached hydrogens (primary N) is 1. The van der Waals surface area contributed by atoms with Crippen LogP contribution in [-0.4, -0.2) is 33.9 Å². The summed E-state index contributed by atoms with van der Waals surface area (Å²) in [5.41, 5.74) is 5.71. The normalized spacial score (nSPS) is 27.9. The van der Waals surface area contributed by atoms with E-state index >= 15 is 0 Å². The number of ether oxygens (including phenoxy) is 1. The third kappa shape index (κ3) is 2.23. The zero-order valence-corrected chi connectivity index (χ0v) is 12.6. The van der Waals surface area contributed by atoms with Crippen molar-refractivity contribution in [1.29, 1.82) is 0 Å². The van der Waals surface area contributed by atoms with Crippen LogP contribution in [0.3, 0.4) is 0 Å². The highest BCUT2D eigenvalue weighted by molar-refractivity contribution is 5.99. The summed E-state index contributed by atoms with van der Waals surface area (Å²) in [7, 11) is 0. The fraction of sp³-hybridized carbons (Fsp3) is 0.714. The first-order valence-corrected chi connectivity index (χ1v) is 7.09. The van der Waals surface area contributed by atoms with Crippen molar-refractivity contribution >= 4 is 11.6 Å². The smallest absolute Gasteiger partial charge is 0.245 e. The van der Waals surface area contributed by atoms with Crippen molar-refractivity contribution in [3.63, 3.8) is 0 Å². The van der Waals surface area contributed by atoms with Gasteiger partial charge in [0, 0.05) is 31.2 Å². The fourth-order valence-corrected chi connectivity index (χ4v) is 2.66. The van der Waals surface area contributed by atoms with Gasteiger partial charge >= 0.3 is 0 Å². The molecule has 6 nitrogen and oxygen atoms in total. The molecule has 1 aromatic rings. The SMILES string of the molecule is CCOC1CC(N)(C(=O)Nc2cnn(CC)c2)C1(C)C. The van der Waals surface area contributed by atoms with Crippen molar-refractivity contribution in [2.75, 3.05) is 11.9 Å². The number of nitrogens with one attached hydrogen (secondary N) is 1. The molecular weight excluding hydrogens is 256 g/mol. The second kappa shape index (κ2) is 5.18. The van der Waals surface area contributed by atoms with Crippen LogP contribution in [-0.2, 0) is 16.1 Å². The number of aryl methyl sites for hydroxylation is 1. The Balaban J connectivity index is 2.06. The monoisotopic (exact) mass is 280 g/mol. The summed E-state index contributed by atoms with van der Waals surface area (Å²) in [5, 5.41) is 6.99. The maximum absolute atomic E-state index is 12.5. The number of carbonyl (C=O) groups is 1. The Kier molecular flexibility index (Phi) is 3.88. The lowest BCUT2D eigenvalue weighted by Gasteiger charge is -2.57. The van der Waals surface area contributed by atoms with E-state index in [1.807, 2.05) is 27.7 Å². The zero-order valence-electron chi connectivity index (χ0n) is 12.6. The van der Waals surface area contributed by atoms with Crippen LogP contribution < -0.4 is 11.1 Å². The minimum absolute atomic E-state index is 0.0293. The first kappa shape index (κ1) is 15.0. The lowest BCUT2D eigenvalue weighted by molar-refractivity contribution is -0.166. The van der Waals surface area contributed by atoms with Gasteiger partial charge in [-0.2, -0.15) is 5.10 Å². The molecule has 2 unspecified atom stereocenters. The van der Waals surface area contributed by atoms with Crippen LogP contribution in [0.2, 0.25) is 0 Å². The van der Waals surface area contributed by atoms with Crippen molar-refractivity contribution in [2.24, 2.45) is 11.1 Å². The van der Waals surface area contributed by atoms with Gasteiger partial charge in [-0.15, -0.1) is 0 Å². The Labute approximate surface area is 119 Å². The minimum Gasteiger partial charge on any atom is -0.378 e. The van der Waals surface area contributed by atoms with Gasteiger partial charge in [-0.3, -0.25) is 9.48 Å². The van der Waals surface area contributed by atoms with Gasteiger partial charge in [0.15, 0.2) is 0 Å². The number of amides is 1. The van der Waals surface area contributed by atoms with E-state index in [4.69, 9.17) is 10.5 Å².